The van der Waals surface area contributed by atoms with Crippen LogP contribution >= 0.6 is 0 Å². The number of aliphatic hydroxyl groups is 1. The standard InChI is InChI=1S/C19H25N3O2/c23-18(21-14-19(24)8-3-1-2-4-9-19)17-7-5-6-16(12-17)13-22-11-10-20-15-22/h5-7,10-12,15,24H,1-4,8-9,13-14H2,(H,21,23). The van der Waals surface area contributed by atoms with E-state index in [1.807, 2.05) is 35.0 Å². The Morgan fingerprint density at radius 1 is 1.25 bits per heavy atom. The van der Waals surface area contributed by atoms with Gasteiger partial charge in [0.2, 0.25) is 0 Å². The van der Waals surface area contributed by atoms with E-state index in [2.05, 4.69) is 10.3 Å². The van der Waals surface area contributed by atoms with Crippen molar-refractivity contribution >= 4 is 5.91 Å². The van der Waals surface area contributed by atoms with Gasteiger partial charge in [0.1, 0.15) is 0 Å². The van der Waals surface area contributed by atoms with Gasteiger partial charge in [-0.2, -0.15) is 0 Å². The highest BCUT2D eigenvalue weighted by Crippen LogP contribution is 2.26. The second-order valence-electron chi connectivity index (χ2n) is 6.76. The van der Waals surface area contributed by atoms with Gasteiger partial charge < -0.3 is 15.0 Å². The van der Waals surface area contributed by atoms with E-state index in [1.54, 1.807) is 12.5 Å². The summed E-state index contributed by atoms with van der Waals surface area (Å²) < 4.78 is 1.96. The number of rotatable bonds is 5. The number of benzene rings is 1. The summed E-state index contributed by atoms with van der Waals surface area (Å²) in [4.78, 5) is 16.5. The fraction of sp³-hybridized carbons (Fsp3) is 0.474. The monoisotopic (exact) mass is 327 g/mol. The van der Waals surface area contributed by atoms with Gasteiger partial charge in [-0.25, -0.2) is 4.98 Å². The zero-order valence-electron chi connectivity index (χ0n) is 13.9. The molecule has 2 N–H and O–H groups in total. The van der Waals surface area contributed by atoms with Crippen LogP contribution in [0.4, 0.5) is 0 Å². The van der Waals surface area contributed by atoms with Crippen molar-refractivity contribution in [3.63, 3.8) is 0 Å². The quantitative estimate of drug-likeness (QED) is 0.830. The number of hydrogen-bond donors (Lipinski definition) is 2. The third kappa shape index (κ3) is 4.45. The summed E-state index contributed by atoms with van der Waals surface area (Å²) in [5.74, 6) is -0.125. The van der Waals surface area contributed by atoms with Crippen molar-refractivity contribution in [1.82, 2.24) is 14.9 Å². The van der Waals surface area contributed by atoms with Gasteiger partial charge >= 0.3 is 0 Å². The van der Waals surface area contributed by atoms with E-state index in [-0.39, 0.29) is 5.91 Å². The molecular formula is C19H25N3O2. The van der Waals surface area contributed by atoms with Crippen LogP contribution in [0.2, 0.25) is 0 Å². The maximum Gasteiger partial charge on any atom is 0.251 e. The summed E-state index contributed by atoms with van der Waals surface area (Å²) in [7, 11) is 0. The Morgan fingerprint density at radius 3 is 2.75 bits per heavy atom. The molecule has 0 atom stereocenters. The first-order chi connectivity index (χ1) is 11.6. The molecule has 3 rings (SSSR count). The number of nitrogens with zero attached hydrogens (tertiary/aromatic N) is 2. The lowest BCUT2D eigenvalue weighted by Crippen LogP contribution is -2.42. The predicted molar refractivity (Wildman–Crippen MR) is 92.8 cm³/mol. The van der Waals surface area contributed by atoms with Crippen LogP contribution in [0, 0.1) is 0 Å². The van der Waals surface area contributed by atoms with Crippen molar-refractivity contribution in [3.05, 3.63) is 54.1 Å². The SMILES string of the molecule is O=C(NCC1(O)CCCCCC1)c1cccc(Cn2ccnc2)c1. The van der Waals surface area contributed by atoms with Gasteiger partial charge in [0.15, 0.2) is 0 Å². The molecule has 0 aliphatic heterocycles. The molecule has 128 valence electrons. The highest BCUT2D eigenvalue weighted by molar-refractivity contribution is 5.94. The van der Waals surface area contributed by atoms with Crippen molar-refractivity contribution in [3.8, 4) is 0 Å². The molecular weight excluding hydrogens is 302 g/mol. The molecule has 1 amide bonds. The van der Waals surface area contributed by atoms with Gasteiger partial charge in [0.05, 0.1) is 11.9 Å². The van der Waals surface area contributed by atoms with Gasteiger partial charge in [-0.1, -0.05) is 37.8 Å². The molecule has 0 bridgehead atoms. The zero-order chi connectivity index (χ0) is 16.8. The number of carbonyl (C=O) groups is 1. The van der Waals surface area contributed by atoms with Crippen LogP contribution in [0.25, 0.3) is 0 Å². The molecule has 5 nitrogen and oxygen atoms in total. The van der Waals surface area contributed by atoms with Gasteiger partial charge in [-0.15, -0.1) is 0 Å². The fourth-order valence-corrected chi connectivity index (χ4v) is 3.31. The third-order valence-electron chi connectivity index (χ3n) is 4.73. The lowest BCUT2D eigenvalue weighted by atomic mass is 9.94. The smallest absolute Gasteiger partial charge is 0.251 e. The molecule has 0 saturated heterocycles. The largest absolute Gasteiger partial charge is 0.388 e. The number of nitrogens with one attached hydrogen (secondary N) is 1. The van der Waals surface area contributed by atoms with Gasteiger partial charge in [0, 0.05) is 31.0 Å². The Labute approximate surface area is 142 Å². The molecule has 5 heteroatoms. The number of imidazole rings is 1. The summed E-state index contributed by atoms with van der Waals surface area (Å²) in [6.07, 6.45) is 11.4. The maximum absolute atomic E-state index is 12.4. The Morgan fingerprint density at radius 2 is 2.04 bits per heavy atom. The van der Waals surface area contributed by atoms with E-state index in [9.17, 15) is 9.90 Å². The van der Waals surface area contributed by atoms with E-state index in [1.165, 1.54) is 12.8 Å². The molecule has 2 aromatic rings. The first-order valence-corrected chi connectivity index (χ1v) is 8.70. The van der Waals surface area contributed by atoms with E-state index in [0.717, 1.165) is 31.2 Å². The summed E-state index contributed by atoms with van der Waals surface area (Å²) >= 11 is 0. The van der Waals surface area contributed by atoms with Crippen LogP contribution in [0.1, 0.15) is 54.4 Å². The van der Waals surface area contributed by atoms with E-state index in [0.29, 0.717) is 18.7 Å². The lowest BCUT2D eigenvalue weighted by Gasteiger charge is -2.26. The Balaban J connectivity index is 1.60. The normalized spacial score (nSPS) is 17.2. The molecule has 0 spiro atoms. The predicted octanol–water partition coefficient (Wildman–Crippen LogP) is 2.75. The van der Waals surface area contributed by atoms with Crippen molar-refractivity contribution in [2.75, 3.05) is 6.54 Å². The summed E-state index contributed by atoms with van der Waals surface area (Å²) in [5.41, 5.74) is 0.930. The van der Waals surface area contributed by atoms with Crippen LogP contribution in [-0.2, 0) is 6.54 Å². The fourth-order valence-electron chi connectivity index (χ4n) is 3.31. The second-order valence-corrected chi connectivity index (χ2v) is 6.76. The van der Waals surface area contributed by atoms with Gasteiger partial charge in [0.25, 0.3) is 5.91 Å². The first-order valence-electron chi connectivity index (χ1n) is 8.70. The molecule has 1 aliphatic rings. The Bertz CT molecular complexity index is 659. The summed E-state index contributed by atoms with van der Waals surface area (Å²) in [6.45, 7) is 1.02. The highest BCUT2D eigenvalue weighted by atomic mass is 16.3. The highest BCUT2D eigenvalue weighted by Gasteiger charge is 2.28. The Hall–Kier alpha value is -2.14. The maximum atomic E-state index is 12.4. The molecule has 1 aromatic heterocycles. The van der Waals surface area contributed by atoms with Crippen LogP contribution in [0.3, 0.4) is 0 Å². The van der Waals surface area contributed by atoms with E-state index in [4.69, 9.17) is 0 Å². The van der Waals surface area contributed by atoms with Crippen LogP contribution in [-0.4, -0.2) is 32.7 Å². The Kier molecular flexibility index (Phi) is 5.30. The molecule has 0 radical (unpaired) electrons. The average molecular weight is 327 g/mol. The topological polar surface area (TPSA) is 67.2 Å². The zero-order valence-corrected chi connectivity index (χ0v) is 13.9. The number of hydrogen-bond acceptors (Lipinski definition) is 3. The van der Waals surface area contributed by atoms with Crippen molar-refractivity contribution in [2.45, 2.75) is 50.7 Å². The van der Waals surface area contributed by atoms with Gasteiger partial charge in [-0.3, -0.25) is 4.79 Å². The number of carbonyl (C=O) groups excluding carboxylic acids is 1. The summed E-state index contributed by atoms with van der Waals surface area (Å²) in [5, 5.41) is 13.6. The minimum absolute atomic E-state index is 0.125. The lowest BCUT2D eigenvalue weighted by molar-refractivity contribution is 0.0246. The van der Waals surface area contributed by atoms with Crippen LogP contribution < -0.4 is 5.32 Å². The van der Waals surface area contributed by atoms with Crippen molar-refractivity contribution in [1.29, 1.82) is 0 Å². The number of amides is 1. The molecule has 24 heavy (non-hydrogen) atoms. The number of aromatic nitrogens is 2. The van der Waals surface area contributed by atoms with E-state index >= 15 is 0 Å². The minimum atomic E-state index is -0.749. The average Bonchev–Trinajstić information content (AvgIpc) is 3.00. The van der Waals surface area contributed by atoms with Crippen LogP contribution in [0.5, 0.6) is 0 Å². The summed E-state index contributed by atoms with van der Waals surface area (Å²) in [6, 6.07) is 7.59. The molecule has 1 saturated carbocycles. The molecule has 1 aromatic carbocycles. The van der Waals surface area contributed by atoms with E-state index < -0.39 is 5.60 Å². The van der Waals surface area contributed by atoms with Crippen LogP contribution in [0.15, 0.2) is 43.0 Å². The van der Waals surface area contributed by atoms with Crippen molar-refractivity contribution < 1.29 is 9.90 Å². The second kappa shape index (κ2) is 7.62. The first kappa shape index (κ1) is 16.7. The molecule has 1 heterocycles. The minimum Gasteiger partial charge on any atom is -0.388 e. The molecule has 1 fully saturated rings. The van der Waals surface area contributed by atoms with Gasteiger partial charge in [-0.05, 0) is 30.5 Å². The van der Waals surface area contributed by atoms with Crippen molar-refractivity contribution in [2.24, 2.45) is 0 Å². The molecule has 0 unspecified atom stereocenters. The molecule has 1 aliphatic carbocycles. The third-order valence-corrected chi connectivity index (χ3v) is 4.73.